The van der Waals surface area contributed by atoms with E-state index < -0.39 is 10.8 Å². The smallest absolute Gasteiger partial charge is 0.0363 e. The van der Waals surface area contributed by atoms with Crippen LogP contribution in [0.5, 0.6) is 0 Å². The maximum atomic E-state index is 11.2. The van der Waals surface area contributed by atoms with Gasteiger partial charge in [0.25, 0.3) is 0 Å². The molecule has 0 aromatic rings. The fraction of sp³-hybridized carbons (Fsp3) is 1.00. The lowest BCUT2D eigenvalue weighted by Crippen LogP contribution is -2.50. The molecule has 2 atom stereocenters. The summed E-state index contributed by atoms with van der Waals surface area (Å²) in [6.07, 6.45) is 2.62. The normalized spacial score (nSPS) is 33.4. The second-order valence-electron chi connectivity index (χ2n) is 4.33. The van der Waals surface area contributed by atoms with Crippen molar-refractivity contribution < 1.29 is 4.21 Å². The molecular formula is C10H20N2OS. The molecule has 4 heteroatoms. The minimum atomic E-state index is -0.541. The molecule has 2 saturated heterocycles. The van der Waals surface area contributed by atoms with Crippen LogP contribution >= 0.6 is 0 Å². The minimum absolute atomic E-state index is 0.541. The molecule has 2 fully saturated rings. The van der Waals surface area contributed by atoms with Crippen LogP contribution in [0.3, 0.4) is 0 Å². The first-order valence-electron chi connectivity index (χ1n) is 5.60. The Morgan fingerprint density at radius 1 is 1.43 bits per heavy atom. The first kappa shape index (κ1) is 10.6. The second-order valence-corrected chi connectivity index (χ2v) is 6.02. The van der Waals surface area contributed by atoms with Crippen LogP contribution in [0.25, 0.3) is 0 Å². The molecule has 2 aliphatic heterocycles. The van der Waals surface area contributed by atoms with Gasteiger partial charge >= 0.3 is 0 Å². The van der Waals surface area contributed by atoms with Gasteiger partial charge in [0.2, 0.25) is 0 Å². The van der Waals surface area contributed by atoms with Crippen LogP contribution in [0, 0.1) is 0 Å². The Morgan fingerprint density at radius 3 is 2.71 bits per heavy atom. The minimum Gasteiger partial charge on any atom is -0.312 e. The molecule has 0 aromatic carbocycles. The van der Waals surface area contributed by atoms with E-state index in [9.17, 15) is 4.21 Å². The average molecular weight is 216 g/mol. The van der Waals surface area contributed by atoms with E-state index in [4.69, 9.17) is 0 Å². The Kier molecular flexibility index (Phi) is 3.57. The topological polar surface area (TPSA) is 32.3 Å². The molecule has 0 aromatic heterocycles. The quantitative estimate of drug-likeness (QED) is 0.715. The molecule has 0 saturated carbocycles. The average Bonchev–Trinajstić information content (AvgIpc) is 2.71. The summed E-state index contributed by atoms with van der Waals surface area (Å²) < 4.78 is 11.2. The van der Waals surface area contributed by atoms with Gasteiger partial charge in [-0.25, -0.2) is 0 Å². The maximum Gasteiger partial charge on any atom is 0.0363 e. The van der Waals surface area contributed by atoms with Gasteiger partial charge in [-0.05, 0) is 26.3 Å². The van der Waals surface area contributed by atoms with Gasteiger partial charge in [-0.3, -0.25) is 9.11 Å². The molecule has 82 valence electrons. The molecule has 3 nitrogen and oxygen atoms in total. The summed E-state index contributed by atoms with van der Waals surface area (Å²) >= 11 is 0. The standard InChI is InChI=1S/C10H20N2OS/c1-9(10-3-2-4-11-10)12-5-7-14(13)8-6-12/h9-11H,2-8H2,1H3. The fourth-order valence-electron chi connectivity index (χ4n) is 2.44. The fourth-order valence-corrected chi connectivity index (χ4v) is 3.52. The first-order valence-corrected chi connectivity index (χ1v) is 7.08. The van der Waals surface area contributed by atoms with E-state index in [-0.39, 0.29) is 0 Å². The predicted octanol–water partition coefficient (Wildman–Crippen LogP) is 0.191. The largest absolute Gasteiger partial charge is 0.312 e. The van der Waals surface area contributed by atoms with E-state index in [2.05, 4.69) is 17.1 Å². The molecule has 0 bridgehead atoms. The van der Waals surface area contributed by atoms with Crippen molar-refractivity contribution in [3.63, 3.8) is 0 Å². The van der Waals surface area contributed by atoms with Gasteiger partial charge < -0.3 is 5.32 Å². The van der Waals surface area contributed by atoms with Crippen molar-refractivity contribution in [1.29, 1.82) is 0 Å². The Bertz CT molecular complexity index is 206. The van der Waals surface area contributed by atoms with Crippen molar-refractivity contribution in [3.05, 3.63) is 0 Å². The highest BCUT2D eigenvalue weighted by Crippen LogP contribution is 2.15. The highest BCUT2D eigenvalue weighted by Gasteiger charge is 2.27. The van der Waals surface area contributed by atoms with Crippen LogP contribution in [0.4, 0.5) is 0 Å². The molecule has 0 radical (unpaired) electrons. The van der Waals surface area contributed by atoms with Gasteiger partial charge in [-0.2, -0.15) is 0 Å². The van der Waals surface area contributed by atoms with Gasteiger partial charge in [0.1, 0.15) is 0 Å². The Morgan fingerprint density at radius 2 is 2.14 bits per heavy atom. The van der Waals surface area contributed by atoms with Crippen molar-refractivity contribution in [1.82, 2.24) is 10.2 Å². The van der Waals surface area contributed by atoms with Crippen LogP contribution < -0.4 is 5.32 Å². The summed E-state index contributed by atoms with van der Waals surface area (Å²) in [4.78, 5) is 2.49. The Labute approximate surface area is 88.7 Å². The van der Waals surface area contributed by atoms with Crippen molar-refractivity contribution in [2.75, 3.05) is 31.1 Å². The van der Waals surface area contributed by atoms with E-state index in [1.165, 1.54) is 19.4 Å². The lowest BCUT2D eigenvalue weighted by Gasteiger charge is -2.35. The van der Waals surface area contributed by atoms with Crippen molar-refractivity contribution in [2.24, 2.45) is 0 Å². The molecule has 2 unspecified atom stereocenters. The molecule has 2 aliphatic rings. The Hall–Kier alpha value is 0.0700. The summed E-state index contributed by atoms with van der Waals surface area (Å²) in [6.45, 7) is 5.52. The maximum absolute atomic E-state index is 11.2. The number of hydrogen-bond donors (Lipinski definition) is 1. The van der Waals surface area contributed by atoms with E-state index in [0.717, 1.165) is 24.6 Å². The zero-order valence-electron chi connectivity index (χ0n) is 8.87. The summed E-state index contributed by atoms with van der Waals surface area (Å²) in [5.41, 5.74) is 0. The third kappa shape index (κ3) is 2.35. The molecule has 14 heavy (non-hydrogen) atoms. The summed E-state index contributed by atoms with van der Waals surface area (Å²) in [7, 11) is -0.541. The van der Waals surface area contributed by atoms with Crippen LogP contribution in [0.15, 0.2) is 0 Å². The van der Waals surface area contributed by atoms with Crippen LogP contribution in [-0.2, 0) is 10.8 Å². The molecule has 0 amide bonds. The SMILES string of the molecule is CC(C1CCCN1)N1CCS(=O)CC1. The third-order valence-electron chi connectivity index (χ3n) is 3.47. The highest BCUT2D eigenvalue weighted by atomic mass is 32.2. The number of nitrogens with one attached hydrogen (secondary N) is 1. The van der Waals surface area contributed by atoms with Gasteiger partial charge in [0, 0.05) is 47.5 Å². The molecule has 2 heterocycles. The van der Waals surface area contributed by atoms with Crippen molar-refractivity contribution >= 4 is 10.8 Å². The molecule has 0 aliphatic carbocycles. The highest BCUT2D eigenvalue weighted by molar-refractivity contribution is 7.85. The van der Waals surface area contributed by atoms with E-state index in [0.29, 0.717) is 12.1 Å². The molecule has 0 spiro atoms. The van der Waals surface area contributed by atoms with Crippen LogP contribution in [0.2, 0.25) is 0 Å². The van der Waals surface area contributed by atoms with Crippen LogP contribution in [-0.4, -0.2) is 52.3 Å². The van der Waals surface area contributed by atoms with E-state index in [1.807, 2.05) is 0 Å². The first-order chi connectivity index (χ1) is 6.77. The third-order valence-corrected chi connectivity index (χ3v) is 4.74. The summed E-state index contributed by atoms with van der Waals surface area (Å²) in [5.74, 6) is 1.74. The van der Waals surface area contributed by atoms with Gasteiger partial charge in [-0.1, -0.05) is 0 Å². The molecule has 2 rings (SSSR count). The number of nitrogens with zero attached hydrogens (tertiary/aromatic N) is 1. The zero-order valence-corrected chi connectivity index (χ0v) is 9.68. The van der Waals surface area contributed by atoms with Gasteiger partial charge in [-0.15, -0.1) is 0 Å². The van der Waals surface area contributed by atoms with Crippen molar-refractivity contribution in [2.45, 2.75) is 31.8 Å². The molecule has 1 N–H and O–H groups in total. The second kappa shape index (κ2) is 4.73. The monoisotopic (exact) mass is 216 g/mol. The predicted molar refractivity (Wildman–Crippen MR) is 59.9 cm³/mol. The lowest BCUT2D eigenvalue weighted by atomic mass is 10.1. The van der Waals surface area contributed by atoms with Crippen LogP contribution in [0.1, 0.15) is 19.8 Å². The van der Waals surface area contributed by atoms with E-state index in [1.54, 1.807) is 0 Å². The van der Waals surface area contributed by atoms with E-state index >= 15 is 0 Å². The number of rotatable bonds is 2. The van der Waals surface area contributed by atoms with Gasteiger partial charge in [0.15, 0.2) is 0 Å². The summed E-state index contributed by atoms with van der Waals surface area (Å²) in [5, 5.41) is 3.55. The zero-order chi connectivity index (χ0) is 9.97. The summed E-state index contributed by atoms with van der Waals surface area (Å²) in [6, 6.07) is 1.29. The van der Waals surface area contributed by atoms with Crippen molar-refractivity contribution in [3.8, 4) is 0 Å². The molecular weight excluding hydrogens is 196 g/mol. The Balaban J connectivity index is 1.84. The lowest BCUT2D eigenvalue weighted by molar-refractivity contribution is 0.192. The number of hydrogen-bond acceptors (Lipinski definition) is 3. The van der Waals surface area contributed by atoms with Gasteiger partial charge in [0.05, 0.1) is 0 Å².